The van der Waals surface area contributed by atoms with E-state index in [1.165, 1.54) is 0 Å². The van der Waals surface area contributed by atoms with Crippen molar-refractivity contribution in [2.24, 2.45) is 10.9 Å². The second-order valence-corrected chi connectivity index (χ2v) is 5.17. The van der Waals surface area contributed by atoms with Crippen LogP contribution in [0.4, 0.5) is 0 Å². The zero-order valence-electron chi connectivity index (χ0n) is 11.4. The lowest BCUT2D eigenvalue weighted by molar-refractivity contribution is 0.0915. The molecular weight excluding hydrogens is 256 g/mol. The molecule has 1 saturated carbocycles. The number of oxime groups is 1. The van der Waals surface area contributed by atoms with Crippen LogP contribution in [0.25, 0.3) is 0 Å². The van der Waals surface area contributed by atoms with E-state index in [0.717, 1.165) is 25.7 Å². The maximum absolute atomic E-state index is 12.3. The number of amidine groups is 1. The van der Waals surface area contributed by atoms with Crippen molar-refractivity contribution in [3.63, 3.8) is 0 Å². The van der Waals surface area contributed by atoms with Crippen molar-refractivity contribution in [2.45, 2.75) is 44.1 Å². The Labute approximate surface area is 118 Å². The molecule has 1 aromatic heterocycles. The topological polar surface area (TPSA) is 101 Å². The molecule has 1 heterocycles. The van der Waals surface area contributed by atoms with Crippen LogP contribution in [0.2, 0.25) is 0 Å². The molecule has 0 unspecified atom stereocenters. The molecule has 0 atom stereocenters. The van der Waals surface area contributed by atoms with Gasteiger partial charge in [-0.25, -0.2) is 0 Å². The molecule has 0 bridgehead atoms. The molecule has 1 fully saturated rings. The first kappa shape index (κ1) is 14.3. The van der Waals surface area contributed by atoms with Gasteiger partial charge in [0.2, 0.25) is 0 Å². The molecule has 1 aliphatic rings. The molecule has 4 N–H and O–H groups in total. The van der Waals surface area contributed by atoms with Crippen LogP contribution in [0, 0.1) is 0 Å². The number of hydrogen-bond acceptors (Lipinski definition) is 4. The molecule has 20 heavy (non-hydrogen) atoms. The van der Waals surface area contributed by atoms with Gasteiger partial charge in [-0.05, 0) is 25.0 Å². The van der Waals surface area contributed by atoms with Crippen LogP contribution in [0.15, 0.2) is 29.7 Å². The molecule has 6 nitrogen and oxygen atoms in total. The summed E-state index contributed by atoms with van der Waals surface area (Å²) in [5, 5.41) is 15.1. The lowest BCUT2D eigenvalue weighted by atomic mass is 9.88. The lowest BCUT2D eigenvalue weighted by Gasteiger charge is -2.32. The van der Waals surface area contributed by atoms with Gasteiger partial charge in [-0.3, -0.25) is 9.78 Å². The van der Waals surface area contributed by atoms with Gasteiger partial charge >= 0.3 is 0 Å². The van der Waals surface area contributed by atoms with Crippen molar-refractivity contribution >= 4 is 11.7 Å². The van der Waals surface area contributed by atoms with Gasteiger partial charge in [0, 0.05) is 18.0 Å². The number of nitrogens with zero attached hydrogens (tertiary/aromatic N) is 2. The molecule has 0 radical (unpaired) electrons. The van der Waals surface area contributed by atoms with E-state index in [4.69, 9.17) is 10.9 Å². The zero-order chi connectivity index (χ0) is 14.4. The largest absolute Gasteiger partial charge is 0.409 e. The van der Waals surface area contributed by atoms with Crippen molar-refractivity contribution in [1.29, 1.82) is 0 Å². The number of hydrogen-bond donors (Lipinski definition) is 3. The Bertz CT molecular complexity index is 479. The summed E-state index contributed by atoms with van der Waals surface area (Å²) < 4.78 is 0. The van der Waals surface area contributed by atoms with E-state index in [1.807, 2.05) is 0 Å². The van der Waals surface area contributed by atoms with Crippen LogP contribution in [-0.2, 0) is 0 Å². The quantitative estimate of drug-likeness (QED) is 0.257. The third-order valence-electron chi connectivity index (χ3n) is 3.85. The molecule has 6 heteroatoms. The van der Waals surface area contributed by atoms with Crippen LogP contribution < -0.4 is 11.1 Å². The molecule has 1 amide bonds. The van der Waals surface area contributed by atoms with E-state index in [0.29, 0.717) is 18.4 Å². The van der Waals surface area contributed by atoms with Crippen LogP contribution in [0.5, 0.6) is 0 Å². The Morgan fingerprint density at radius 2 is 1.85 bits per heavy atom. The number of nitrogens with one attached hydrogen (secondary N) is 1. The third-order valence-corrected chi connectivity index (χ3v) is 3.85. The number of carbonyl (C=O) groups excluding carboxylic acids is 1. The Hall–Kier alpha value is -2.11. The Kier molecular flexibility index (Phi) is 4.55. The van der Waals surface area contributed by atoms with Crippen LogP contribution >= 0.6 is 0 Å². The molecule has 108 valence electrons. The average Bonchev–Trinajstić information content (AvgIpc) is 2.74. The fraction of sp³-hybridized carbons (Fsp3) is 0.500. The molecule has 0 saturated heterocycles. The first-order valence-electron chi connectivity index (χ1n) is 6.88. The summed E-state index contributed by atoms with van der Waals surface area (Å²) in [7, 11) is 0. The number of amides is 1. The highest BCUT2D eigenvalue weighted by molar-refractivity contribution is 6.00. The summed E-state index contributed by atoms with van der Waals surface area (Å²) in [6.07, 6.45) is 8.63. The normalized spacial score (nSPS) is 19.1. The Morgan fingerprint density at radius 1 is 1.25 bits per heavy atom. The number of nitrogens with two attached hydrogens (primary N) is 1. The number of pyridine rings is 1. The first-order chi connectivity index (χ1) is 9.68. The summed E-state index contributed by atoms with van der Waals surface area (Å²) >= 11 is 0. The van der Waals surface area contributed by atoms with E-state index in [1.54, 1.807) is 24.5 Å². The van der Waals surface area contributed by atoms with Gasteiger partial charge in [-0.2, -0.15) is 0 Å². The van der Waals surface area contributed by atoms with E-state index >= 15 is 0 Å². The molecule has 1 aromatic rings. The van der Waals surface area contributed by atoms with E-state index in [-0.39, 0.29) is 11.7 Å². The van der Waals surface area contributed by atoms with Gasteiger partial charge in [0.25, 0.3) is 5.91 Å². The minimum atomic E-state index is -0.744. The minimum absolute atomic E-state index is 0.0850. The number of carbonyl (C=O) groups is 1. The monoisotopic (exact) mass is 276 g/mol. The standard InChI is InChI=1S/C14H20N4O2/c15-13(18-20)14(7-3-1-2-4-8-14)17-12(19)11-5-9-16-10-6-11/h5-6,9-10,20H,1-4,7-8H2,(H2,15,18)(H,17,19). The maximum Gasteiger partial charge on any atom is 0.252 e. The highest BCUT2D eigenvalue weighted by Crippen LogP contribution is 2.27. The second-order valence-electron chi connectivity index (χ2n) is 5.17. The van der Waals surface area contributed by atoms with E-state index in [2.05, 4.69) is 15.5 Å². The van der Waals surface area contributed by atoms with Gasteiger partial charge in [-0.15, -0.1) is 0 Å². The fourth-order valence-electron chi connectivity index (χ4n) is 2.67. The maximum atomic E-state index is 12.3. The van der Waals surface area contributed by atoms with Crippen LogP contribution in [-0.4, -0.2) is 27.5 Å². The highest BCUT2D eigenvalue weighted by Gasteiger charge is 2.37. The lowest BCUT2D eigenvalue weighted by Crippen LogP contribution is -2.57. The summed E-state index contributed by atoms with van der Waals surface area (Å²) in [5.74, 6) is -0.136. The van der Waals surface area contributed by atoms with E-state index in [9.17, 15) is 4.79 Å². The molecule has 0 aromatic carbocycles. The van der Waals surface area contributed by atoms with Crippen molar-refractivity contribution in [3.05, 3.63) is 30.1 Å². The molecular formula is C14H20N4O2. The predicted octanol–water partition coefficient (Wildman–Crippen LogP) is 1.65. The van der Waals surface area contributed by atoms with Crippen LogP contribution in [0.3, 0.4) is 0 Å². The number of aromatic nitrogens is 1. The van der Waals surface area contributed by atoms with Crippen molar-refractivity contribution in [3.8, 4) is 0 Å². The van der Waals surface area contributed by atoms with Gasteiger partial charge < -0.3 is 16.3 Å². The van der Waals surface area contributed by atoms with Gasteiger partial charge in [-0.1, -0.05) is 30.8 Å². The molecule has 0 spiro atoms. The molecule has 2 rings (SSSR count). The van der Waals surface area contributed by atoms with Crippen molar-refractivity contribution < 1.29 is 10.0 Å². The van der Waals surface area contributed by atoms with Crippen molar-refractivity contribution in [2.75, 3.05) is 0 Å². The Morgan fingerprint density at radius 3 is 2.40 bits per heavy atom. The number of rotatable bonds is 3. The SMILES string of the molecule is N/C(=N/O)C1(NC(=O)c2ccncc2)CCCCCC1. The summed E-state index contributed by atoms with van der Waals surface area (Å²) in [6, 6.07) is 3.29. The van der Waals surface area contributed by atoms with E-state index < -0.39 is 5.54 Å². The van der Waals surface area contributed by atoms with Gasteiger partial charge in [0.05, 0.1) is 0 Å². The smallest absolute Gasteiger partial charge is 0.252 e. The summed E-state index contributed by atoms with van der Waals surface area (Å²) in [5.41, 5.74) is 5.63. The van der Waals surface area contributed by atoms with Crippen molar-refractivity contribution in [1.82, 2.24) is 10.3 Å². The molecule has 0 aliphatic heterocycles. The molecule has 1 aliphatic carbocycles. The first-order valence-corrected chi connectivity index (χ1v) is 6.88. The fourth-order valence-corrected chi connectivity index (χ4v) is 2.67. The predicted molar refractivity (Wildman–Crippen MR) is 75.5 cm³/mol. The highest BCUT2D eigenvalue weighted by atomic mass is 16.4. The average molecular weight is 276 g/mol. The third kappa shape index (κ3) is 3.07. The van der Waals surface area contributed by atoms with Gasteiger partial charge in [0.1, 0.15) is 5.54 Å². The Balaban J connectivity index is 2.22. The van der Waals surface area contributed by atoms with Gasteiger partial charge in [0.15, 0.2) is 5.84 Å². The second kappa shape index (κ2) is 6.36. The van der Waals surface area contributed by atoms with Crippen LogP contribution in [0.1, 0.15) is 48.9 Å². The summed E-state index contributed by atoms with van der Waals surface area (Å²) in [6.45, 7) is 0. The summed E-state index contributed by atoms with van der Waals surface area (Å²) in [4.78, 5) is 16.2. The minimum Gasteiger partial charge on any atom is -0.409 e. The zero-order valence-corrected chi connectivity index (χ0v) is 11.4.